The van der Waals surface area contributed by atoms with Crippen molar-refractivity contribution in [2.75, 3.05) is 10.0 Å². The minimum Gasteiger partial charge on any atom is -0.322 e. The van der Waals surface area contributed by atoms with Crippen LogP contribution in [0.1, 0.15) is 10.4 Å². The number of amides is 1. The van der Waals surface area contributed by atoms with Gasteiger partial charge in [-0.25, -0.2) is 17.9 Å². The van der Waals surface area contributed by atoms with Crippen LogP contribution in [0.25, 0.3) is 16.2 Å². The second-order valence-corrected chi connectivity index (χ2v) is 9.94. The molecule has 5 rings (SSSR count). The van der Waals surface area contributed by atoms with E-state index in [1.54, 1.807) is 22.0 Å². The van der Waals surface area contributed by atoms with Crippen LogP contribution in [0.3, 0.4) is 0 Å². The lowest BCUT2D eigenvalue weighted by Gasteiger charge is -2.08. The quantitative estimate of drug-likeness (QED) is 0.352. The Bertz CT molecular complexity index is 1580. The van der Waals surface area contributed by atoms with Crippen LogP contribution in [-0.4, -0.2) is 39.1 Å². The number of anilines is 2. The number of carbonyl (C=O) groups excluding carboxylic acids is 1. The van der Waals surface area contributed by atoms with Crippen LogP contribution < -0.4 is 10.0 Å². The number of hydrogen-bond donors (Lipinski definition) is 2. The van der Waals surface area contributed by atoms with E-state index in [1.165, 1.54) is 42.6 Å². The average molecular weight is 512 g/mol. The third kappa shape index (κ3) is 4.33. The maximum Gasteiger partial charge on any atom is 0.263 e. The number of halogens is 1. The Morgan fingerprint density at radius 2 is 1.85 bits per heavy atom. The van der Waals surface area contributed by atoms with Gasteiger partial charge in [-0.2, -0.15) is 5.10 Å². The lowest BCUT2D eigenvalue weighted by Crippen LogP contribution is -2.15. The Balaban J connectivity index is 1.34. The molecular formula is C21H14ClN7O3S2. The summed E-state index contributed by atoms with van der Waals surface area (Å²) in [5.74, 6) is -0.389. The van der Waals surface area contributed by atoms with Gasteiger partial charge < -0.3 is 5.32 Å². The predicted molar refractivity (Wildman–Crippen MR) is 129 cm³/mol. The summed E-state index contributed by atoms with van der Waals surface area (Å²) in [7, 11) is -3.90. The molecule has 170 valence electrons. The van der Waals surface area contributed by atoms with Gasteiger partial charge in [0.05, 0.1) is 21.7 Å². The molecule has 0 fully saturated rings. The van der Waals surface area contributed by atoms with Gasteiger partial charge in [0.2, 0.25) is 0 Å². The second-order valence-electron chi connectivity index (χ2n) is 6.93. The van der Waals surface area contributed by atoms with E-state index in [9.17, 15) is 13.2 Å². The van der Waals surface area contributed by atoms with E-state index in [4.69, 9.17) is 11.6 Å². The number of aromatic nitrogens is 5. The Labute approximate surface area is 202 Å². The molecule has 0 spiro atoms. The van der Waals surface area contributed by atoms with Gasteiger partial charge >= 0.3 is 0 Å². The molecule has 0 saturated carbocycles. The normalized spacial score (nSPS) is 11.4. The second kappa shape index (κ2) is 8.82. The van der Waals surface area contributed by atoms with Crippen molar-refractivity contribution in [3.63, 3.8) is 0 Å². The monoisotopic (exact) mass is 511 g/mol. The third-order valence-electron chi connectivity index (χ3n) is 4.71. The molecule has 0 aliphatic carbocycles. The molecule has 13 heteroatoms. The van der Waals surface area contributed by atoms with Crippen LogP contribution in [0.4, 0.5) is 11.5 Å². The van der Waals surface area contributed by atoms with E-state index in [-0.39, 0.29) is 21.4 Å². The zero-order valence-corrected chi connectivity index (χ0v) is 19.5. The lowest BCUT2D eigenvalue weighted by molar-refractivity contribution is 0.102. The standard InChI is InChI=1S/C21H14ClN7O3S2/c22-18-7-8-19(27-26-18)28-34(31,32)14-5-3-13(4-6-14)25-21(30)15-12-24-29-16(9-10-23-20(15)29)17-2-1-11-33-17/h1-12H,(H,25,30)(H,27,28). The van der Waals surface area contributed by atoms with Crippen molar-refractivity contribution in [2.45, 2.75) is 4.90 Å². The Morgan fingerprint density at radius 1 is 1.03 bits per heavy atom. The summed E-state index contributed by atoms with van der Waals surface area (Å²) in [6, 6.07) is 14.2. The van der Waals surface area contributed by atoms with Gasteiger partial charge in [-0.15, -0.1) is 21.5 Å². The smallest absolute Gasteiger partial charge is 0.263 e. The minimum atomic E-state index is -3.90. The van der Waals surface area contributed by atoms with Crippen molar-refractivity contribution in [1.29, 1.82) is 0 Å². The lowest BCUT2D eigenvalue weighted by atomic mass is 10.2. The molecule has 5 aromatic rings. The van der Waals surface area contributed by atoms with Gasteiger partial charge in [-0.05, 0) is 53.9 Å². The van der Waals surface area contributed by atoms with E-state index < -0.39 is 15.9 Å². The summed E-state index contributed by atoms with van der Waals surface area (Å²) in [5.41, 5.74) is 1.93. The Hall–Kier alpha value is -3.87. The summed E-state index contributed by atoms with van der Waals surface area (Å²) in [6.45, 7) is 0. The molecule has 0 aliphatic rings. The van der Waals surface area contributed by atoms with Crippen molar-refractivity contribution < 1.29 is 13.2 Å². The SMILES string of the molecule is O=C(Nc1ccc(S(=O)(=O)Nc2ccc(Cl)nn2)cc1)c1cnn2c(-c3cccs3)ccnc12. The molecule has 0 bridgehead atoms. The van der Waals surface area contributed by atoms with Crippen molar-refractivity contribution in [3.05, 3.63) is 83.1 Å². The summed E-state index contributed by atoms with van der Waals surface area (Å²) >= 11 is 7.22. The van der Waals surface area contributed by atoms with Crippen LogP contribution in [0.5, 0.6) is 0 Å². The molecule has 10 nitrogen and oxygen atoms in total. The summed E-state index contributed by atoms with van der Waals surface area (Å²) in [5, 5.41) is 16.4. The number of thiophene rings is 1. The van der Waals surface area contributed by atoms with E-state index >= 15 is 0 Å². The minimum absolute atomic E-state index is 0.0134. The van der Waals surface area contributed by atoms with Gasteiger partial charge in [0.15, 0.2) is 16.6 Å². The van der Waals surface area contributed by atoms with Crippen LogP contribution in [0, 0.1) is 0 Å². The van der Waals surface area contributed by atoms with Gasteiger partial charge in [-0.3, -0.25) is 9.52 Å². The number of sulfonamides is 1. The highest BCUT2D eigenvalue weighted by molar-refractivity contribution is 7.92. The number of carbonyl (C=O) groups is 1. The fourth-order valence-corrected chi connectivity index (χ4v) is 4.98. The number of benzene rings is 1. The van der Waals surface area contributed by atoms with Gasteiger partial charge in [0, 0.05) is 11.9 Å². The average Bonchev–Trinajstić information content (AvgIpc) is 3.51. The fourth-order valence-electron chi connectivity index (χ4n) is 3.15. The summed E-state index contributed by atoms with van der Waals surface area (Å²) < 4.78 is 29.1. The summed E-state index contributed by atoms with van der Waals surface area (Å²) in [4.78, 5) is 18.2. The number of rotatable bonds is 6. The Kier molecular flexibility index (Phi) is 5.69. The number of fused-ring (bicyclic) bond motifs is 1. The summed E-state index contributed by atoms with van der Waals surface area (Å²) in [6.07, 6.45) is 3.07. The Morgan fingerprint density at radius 3 is 2.56 bits per heavy atom. The highest BCUT2D eigenvalue weighted by Gasteiger charge is 2.18. The van der Waals surface area contributed by atoms with E-state index in [0.29, 0.717) is 11.3 Å². The van der Waals surface area contributed by atoms with Crippen LogP contribution >= 0.6 is 22.9 Å². The molecule has 4 heterocycles. The van der Waals surface area contributed by atoms with Crippen molar-refractivity contribution in [2.24, 2.45) is 0 Å². The maximum atomic E-state index is 12.9. The first-order valence-electron chi connectivity index (χ1n) is 9.71. The molecule has 0 unspecified atom stereocenters. The van der Waals surface area contributed by atoms with E-state index in [2.05, 4.69) is 30.3 Å². The van der Waals surface area contributed by atoms with Crippen molar-refractivity contribution in [1.82, 2.24) is 24.8 Å². The van der Waals surface area contributed by atoms with Crippen LogP contribution in [-0.2, 0) is 10.0 Å². The van der Waals surface area contributed by atoms with Crippen LogP contribution in [0.15, 0.2) is 77.3 Å². The zero-order valence-electron chi connectivity index (χ0n) is 17.1. The van der Waals surface area contributed by atoms with Gasteiger partial charge in [0.1, 0.15) is 5.56 Å². The molecule has 0 aliphatic heterocycles. The van der Waals surface area contributed by atoms with E-state index in [0.717, 1.165) is 10.6 Å². The maximum absolute atomic E-state index is 12.9. The number of hydrogen-bond acceptors (Lipinski definition) is 8. The fraction of sp³-hybridized carbons (Fsp3) is 0. The molecule has 2 N–H and O–H groups in total. The first-order valence-corrected chi connectivity index (χ1v) is 12.4. The van der Waals surface area contributed by atoms with Crippen molar-refractivity contribution >= 4 is 56.0 Å². The molecule has 0 saturated heterocycles. The molecular weight excluding hydrogens is 498 g/mol. The van der Waals surface area contributed by atoms with E-state index in [1.807, 2.05) is 23.6 Å². The molecule has 0 atom stereocenters. The zero-order chi connectivity index (χ0) is 23.7. The van der Waals surface area contributed by atoms with Gasteiger partial charge in [-0.1, -0.05) is 17.7 Å². The highest BCUT2D eigenvalue weighted by atomic mass is 35.5. The number of nitrogens with zero attached hydrogens (tertiary/aromatic N) is 5. The van der Waals surface area contributed by atoms with Gasteiger partial charge in [0.25, 0.3) is 15.9 Å². The molecule has 34 heavy (non-hydrogen) atoms. The molecule has 1 aromatic carbocycles. The largest absolute Gasteiger partial charge is 0.322 e. The highest BCUT2D eigenvalue weighted by Crippen LogP contribution is 2.25. The first-order chi connectivity index (χ1) is 16.4. The first kappa shape index (κ1) is 21.9. The third-order valence-corrected chi connectivity index (χ3v) is 7.18. The van der Waals surface area contributed by atoms with Crippen LogP contribution in [0.2, 0.25) is 5.15 Å². The predicted octanol–water partition coefficient (Wildman–Crippen LogP) is 3.95. The molecule has 1 amide bonds. The molecule has 0 radical (unpaired) electrons. The topological polar surface area (TPSA) is 131 Å². The molecule has 4 aromatic heterocycles. The number of nitrogens with one attached hydrogen (secondary N) is 2. The van der Waals surface area contributed by atoms with Crippen molar-refractivity contribution in [3.8, 4) is 10.6 Å².